The summed E-state index contributed by atoms with van der Waals surface area (Å²) in [6.07, 6.45) is 3.60. The molecule has 0 saturated heterocycles. The number of nitrogens with two attached hydrogens (primary N) is 1. The quantitative estimate of drug-likeness (QED) is 0.912. The lowest BCUT2D eigenvalue weighted by atomic mass is 10.00. The molecule has 5 heteroatoms. The molecule has 1 heterocycles. The molecule has 1 aromatic heterocycles. The molecule has 4 nitrogen and oxygen atoms in total. The van der Waals surface area contributed by atoms with Gasteiger partial charge in [0.25, 0.3) is 0 Å². The topological polar surface area (TPSA) is 68.3 Å². The molecule has 3 N–H and O–H groups in total. The number of fused-ring (bicyclic) bond motifs is 1. The first kappa shape index (κ1) is 15.0. The van der Waals surface area contributed by atoms with E-state index < -0.39 is 0 Å². The zero-order valence-electron chi connectivity index (χ0n) is 12.7. The van der Waals surface area contributed by atoms with Crippen molar-refractivity contribution in [3.05, 3.63) is 35.3 Å². The molecule has 3 rings (SSSR count). The van der Waals surface area contributed by atoms with Crippen LogP contribution in [0.2, 0.25) is 0 Å². The standard InChI is InChI=1S/C17H21FN2O2/c1-10-13-8-12(18)5-6-15(13)22-16(10)9-20-17(21)7-11-3-2-4-14(11)19/h5-6,8,11,14H,2-4,7,9,19H2,1H3,(H,20,21)/t11-,14+/m0/s1. The Labute approximate surface area is 128 Å². The van der Waals surface area contributed by atoms with Crippen LogP contribution in [0.5, 0.6) is 0 Å². The summed E-state index contributed by atoms with van der Waals surface area (Å²) in [5, 5.41) is 3.63. The minimum atomic E-state index is -0.290. The van der Waals surface area contributed by atoms with Crippen molar-refractivity contribution in [2.75, 3.05) is 0 Å². The van der Waals surface area contributed by atoms with E-state index in [1.807, 2.05) is 6.92 Å². The SMILES string of the molecule is Cc1c(CNC(=O)C[C@@H]2CCC[C@H]2N)oc2ccc(F)cc12. The van der Waals surface area contributed by atoms with Gasteiger partial charge in [-0.2, -0.15) is 0 Å². The molecule has 0 unspecified atom stereocenters. The summed E-state index contributed by atoms with van der Waals surface area (Å²) in [6.45, 7) is 2.20. The maximum Gasteiger partial charge on any atom is 0.220 e. The number of rotatable bonds is 4. The Kier molecular flexibility index (Phi) is 4.16. The zero-order valence-corrected chi connectivity index (χ0v) is 12.7. The molecule has 0 radical (unpaired) electrons. The average molecular weight is 304 g/mol. The fourth-order valence-electron chi connectivity index (χ4n) is 3.22. The normalized spacial score (nSPS) is 21.4. The van der Waals surface area contributed by atoms with Gasteiger partial charge < -0.3 is 15.5 Å². The van der Waals surface area contributed by atoms with Crippen molar-refractivity contribution in [1.29, 1.82) is 0 Å². The molecule has 1 aliphatic carbocycles. The molecule has 2 aromatic rings. The van der Waals surface area contributed by atoms with Crippen molar-refractivity contribution >= 4 is 16.9 Å². The van der Waals surface area contributed by atoms with E-state index in [4.69, 9.17) is 10.2 Å². The second-order valence-corrected chi connectivity index (χ2v) is 6.13. The monoisotopic (exact) mass is 304 g/mol. The Morgan fingerprint density at radius 2 is 2.27 bits per heavy atom. The molecule has 22 heavy (non-hydrogen) atoms. The van der Waals surface area contributed by atoms with Crippen LogP contribution in [0.15, 0.2) is 22.6 Å². The smallest absolute Gasteiger partial charge is 0.220 e. The number of furan rings is 1. The van der Waals surface area contributed by atoms with Gasteiger partial charge in [0.1, 0.15) is 17.2 Å². The fraction of sp³-hybridized carbons (Fsp3) is 0.471. The largest absolute Gasteiger partial charge is 0.459 e. The van der Waals surface area contributed by atoms with Gasteiger partial charge >= 0.3 is 0 Å². The molecule has 0 spiro atoms. The third kappa shape index (κ3) is 2.99. The van der Waals surface area contributed by atoms with Crippen LogP contribution >= 0.6 is 0 Å². The van der Waals surface area contributed by atoms with Crippen LogP contribution in [0.25, 0.3) is 11.0 Å². The number of hydrogen-bond donors (Lipinski definition) is 2. The summed E-state index contributed by atoms with van der Waals surface area (Å²) >= 11 is 0. The number of nitrogens with one attached hydrogen (secondary N) is 1. The molecule has 1 amide bonds. The molecule has 1 fully saturated rings. The Morgan fingerprint density at radius 3 is 3.00 bits per heavy atom. The fourth-order valence-corrected chi connectivity index (χ4v) is 3.22. The third-order valence-corrected chi connectivity index (χ3v) is 4.61. The van der Waals surface area contributed by atoms with Crippen molar-refractivity contribution in [3.8, 4) is 0 Å². The lowest BCUT2D eigenvalue weighted by Crippen LogP contribution is -2.31. The van der Waals surface area contributed by atoms with Crippen molar-refractivity contribution in [2.24, 2.45) is 11.7 Å². The first-order valence-corrected chi connectivity index (χ1v) is 7.74. The predicted molar refractivity (Wildman–Crippen MR) is 82.7 cm³/mol. The maximum atomic E-state index is 13.3. The van der Waals surface area contributed by atoms with Gasteiger partial charge in [0.15, 0.2) is 0 Å². The molecule has 1 saturated carbocycles. The Hall–Kier alpha value is -1.88. The second kappa shape index (κ2) is 6.08. The van der Waals surface area contributed by atoms with Crippen molar-refractivity contribution < 1.29 is 13.6 Å². The minimum absolute atomic E-state index is 0.00612. The molecule has 0 aliphatic heterocycles. The summed E-state index contributed by atoms with van der Waals surface area (Å²) in [6, 6.07) is 4.58. The first-order chi connectivity index (χ1) is 10.5. The number of carbonyl (C=O) groups excluding carboxylic acids is 1. The van der Waals surface area contributed by atoms with Gasteiger partial charge in [-0.1, -0.05) is 6.42 Å². The molecule has 0 bridgehead atoms. The number of amides is 1. The predicted octanol–water partition coefficient (Wildman–Crippen LogP) is 3.01. The molecule has 2 atom stereocenters. The summed E-state index contributed by atoms with van der Waals surface area (Å²) in [4.78, 5) is 12.0. The summed E-state index contributed by atoms with van der Waals surface area (Å²) in [5.74, 6) is 0.658. The van der Waals surface area contributed by atoms with Crippen LogP contribution in [0.3, 0.4) is 0 Å². The van der Waals surface area contributed by atoms with E-state index in [2.05, 4.69) is 5.32 Å². The van der Waals surface area contributed by atoms with E-state index in [0.29, 0.717) is 24.3 Å². The number of aryl methyl sites for hydroxylation is 1. The van der Waals surface area contributed by atoms with E-state index in [9.17, 15) is 9.18 Å². The van der Waals surface area contributed by atoms with Crippen LogP contribution in [0.1, 0.15) is 37.0 Å². The number of benzene rings is 1. The van der Waals surface area contributed by atoms with Crippen molar-refractivity contribution in [2.45, 2.75) is 45.2 Å². The van der Waals surface area contributed by atoms with Gasteiger partial charge in [0.05, 0.1) is 6.54 Å². The molecular weight excluding hydrogens is 283 g/mol. The van der Waals surface area contributed by atoms with Crippen LogP contribution in [0, 0.1) is 18.7 Å². The summed E-state index contributed by atoms with van der Waals surface area (Å²) < 4.78 is 19.0. The van der Waals surface area contributed by atoms with Crippen LogP contribution < -0.4 is 11.1 Å². The van der Waals surface area contributed by atoms with Gasteiger partial charge in [0.2, 0.25) is 5.91 Å². The lowest BCUT2D eigenvalue weighted by molar-refractivity contribution is -0.122. The van der Waals surface area contributed by atoms with Gasteiger partial charge in [-0.25, -0.2) is 4.39 Å². The summed E-state index contributed by atoms with van der Waals surface area (Å²) in [5.41, 5.74) is 7.50. The van der Waals surface area contributed by atoms with Gasteiger partial charge in [-0.3, -0.25) is 4.79 Å². The van der Waals surface area contributed by atoms with E-state index in [1.165, 1.54) is 12.1 Å². The number of halogens is 1. The maximum absolute atomic E-state index is 13.3. The molecule has 118 valence electrons. The Balaban J connectivity index is 1.63. The summed E-state index contributed by atoms with van der Waals surface area (Å²) in [7, 11) is 0. The third-order valence-electron chi connectivity index (χ3n) is 4.61. The Bertz CT molecular complexity index is 695. The zero-order chi connectivity index (χ0) is 15.7. The first-order valence-electron chi connectivity index (χ1n) is 7.74. The Morgan fingerprint density at radius 1 is 1.45 bits per heavy atom. The minimum Gasteiger partial charge on any atom is -0.459 e. The highest BCUT2D eigenvalue weighted by molar-refractivity contribution is 5.82. The van der Waals surface area contributed by atoms with Crippen molar-refractivity contribution in [1.82, 2.24) is 5.32 Å². The van der Waals surface area contributed by atoms with E-state index in [1.54, 1.807) is 6.07 Å². The lowest BCUT2D eigenvalue weighted by Gasteiger charge is -2.14. The van der Waals surface area contributed by atoms with Gasteiger partial charge in [0, 0.05) is 23.4 Å². The van der Waals surface area contributed by atoms with Gasteiger partial charge in [-0.15, -0.1) is 0 Å². The van der Waals surface area contributed by atoms with Crippen molar-refractivity contribution in [3.63, 3.8) is 0 Å². The van der Waals surface area contributed by atoms with E-state index >= 15 is 0 Å². The van der Waals surface area contributed by atoms with Gasteiger partial charge in [-0.05, 0) is 43.9 Å². The highest BCUT2D eigenvalue weighted by Gasteiger charge is 2.26. The number of carbonyl (C=O) groups is 1. The molecule has 1 aromatic carbocycles. The van der Waals surface area contributed by atoms with E-state index in [-0.39, 0.29) is 23.7 Å². The molecule has 1 aliphatic rings. The number of hydrogen-bond acceptors (Lipinski definition) is 3. The highest BCUT2D eigenvalue weighted by atomic mass is 19.1. The average Bonchev–Trinajstić information content (AvgIpc) is 3.02. The van der Waals surface area contributed by atoms with Crippen LogP contribution in [-0.4, -0.2) is 11.9 Å². The van der Waals surface area contributed by atoms with Crippen LogP contribution in [-0.2, 0) is 11.3 Å². The highest BCUT2D eigenvalue weighted by Crippen LogP contribution is 2.27. The molecular formula is C17H21FN2O2. The van der Waals surface area contributed by atoms with E-state index in [0.717, 1.165) is 30.2 Å². The van der Waals surface area contributed by atoms with Crippen LogP contribution in [0.4, 0.5) is 4.39 Å². The second-order valence-electron chi connectivity index (χ2n) is 6.13.